The molecule has 0 saturated carbocycles. The minimum absolute atomic E-state index is 0.596. The Morgan fingerprint density at radius 2 is 2.00 bits per heavy atom. The van der Waals surface area contributed by atoms with E-state index in [9.17, 15) is 0 Å². The second-order valence-electron chi connectivity index (χ2n) is 5.44. The van der Waals surface area contributed by atoms with Crippen LogP contribution in [-0.2, 0) is 0 Å². The lowest BCUT2D eigenvalue weighted by Crippen LogP contribution is -1.94. The van der Waals surface area contributed by atoms with E-state index in [-0.39, 0.29) is 0 Å². The Kier molecular flexibility index (Phi) is 3.58. The predicted molar refractivity (Wildman–Crippen MR) is 88.5 cm³/mol. The molecule has 1 nitrogen and oxygen atoms in total. The van der Waals surface area contributed by atoms with Crippen LogP contribution in [0.5, 0.6) is 0 Å². The van der Waals surface area contributed by atoms with Gasteiger partial charge in [0.1, 0.15) is 0 Å². The molecule has 0 aliphatic rings. The second kappa shape index (κ2) is 5.37. The lowest BCUT2D eigenvalue weighted by atomic mass is 9.94. The Bertz CT molecular complexity index is 742. The molecular formula is C18H19NS. The molecule has 0 aliphatic heterocycles. The lowest BCUT2D eigenvalue weighted by molar-refractivity contribution is 0.733. The molecule has 1 unspecified atom stereocenters. The summed E-state index contributed by atoms with van der Waals surface area (Å²) in [5.41, 5.74) is 6.12. The molecule has 0 spiro atoms. The smallest absolute Gasteiger partial charge is 0.0817 e. The van der Waals surface area contributed by atoms with Gasteiger partial charge in [-0.3, -0.25) is 0 Å². The first-order valence-electron chi connectivity index (χ1n) is 7.13. The van der Waals surface area contributed by atoms with Crippen molar-refractivity contribution >= 4 is 21.6 Å². The van der Waals surface area contributed by atoms with Gasteiger partial charge in [0.2, 0.25) is 0 Å². The van der Waals surface area contributed by atoms with E-state index in [1.807, 2.05) is 0 Å². The van der Waals surface area contributed by atoms with Gasteiger partial charge in [-0.15, -0.1) is 11.3 Å². The van der Waals surface area contributed by atoms with Crippen molar-refractivity contribution in [1.29, 1.82) is 0 Å². The number of hydrogen-bond donors (Lipinski definition) is 0. The summed E-state index contributed by atoms with van der Waals surface area (Å²) in [6.45, 7) is 6.69. The average Bonchev–Trinajstić information content (AvgIpc) is 2.93. The van der Waals surface area contributed by atoms with Gasteiger partial charge in [0.05, 0.1) is 15.9 Å². The van der Waals surface area contributed by atoms with Gasteiger partial charge in [-0.2, -0.15) is 0 Å². The minimum atomic E-state index is 0.596. The highest BCUT2D eigenvalue weighted by molar-refractivity contribution is 7.17. The van der Waals surface area contributed by atoms with Crippen molar-refractivity contribution in [2.24, 2.45) is 0 Å². The summed E-state index contributed by atoms with van der Waals surface area (Å²) in [4.78, 5) is 4.78. The van der Waals surface area contributed by atoms with Crippen LogP contribution in [0.1, 0.15) is 37.3 Å². The minimum Gasteiger partial charge on any atom is -0.247 e. The first-order chi connectivity index (χ1) is 9.67. The summed E-state index contributed by atoms with van der Waals surface area (Å²) in [7, 11) is 0. The molecule has 102 valence electrons. The zero-order valence-electron chi connectivity index (χ0n) is 12.2. The first-order valence-corrected chi connectivity index (χ1v) is 8.01. The van der Waals surface area contributed by atoms with Gasteiger partial charge >= 0.3 is 0 Å². The van der Waals surface area contributed by atoms with Crippen LogP contribution >= 0.6 is 11.3 Å². The van der Waals surface area contributed by atoms with E-state index in [0.29, 0.717) is 5.92 Å². The molecule has 20 heavy (non-hydrogen) atoms. The van der Waals surface area contributed by atoms with Gasteiger partial charge < -0.3 is 0 Å². The largest absolute Gasteiger partial charge is 0.247 e. The van der Waals surface area contributed by atoms with Crippen molar-refractivity contribution < 1.29 is 0 Å². The number of fused-ring (bicyclic) bond motifs is 1. The third-order valence-corrected chi connectivity index (χ3v) is 4.76. The monoisotopic (exact) mass is 281 g/mol. The quantitative estimate of drug-likeness (QED) is 0.592. The van der Waals surface area contributed by atoms with E-state index in [1.165, 1.54) is 27.8 Å². The maximum atomic E-state index is 4.78. The van der Waals surface area contributed by atoms with Gasteiger partial charge in [0.15, 0.2) is 0 Å². The molecule has 0 N–H and O–H groups in total. The van der Waals surface area contributed by atoms with Crippen LogP contribution in [0.15, 0.2) is 41.8 Å². The molecule has 1 aromatic carbocycles. The SMILES string of the molecule is CCC(C)c1cc(C)cc(-c2ccc3sccc3n2)c1. The highest BCUT2D eigenvalue weighted by Crippen LogP contribution is 2.28. The van der Waals surface area contributed by atoms with Crippen LogP contribution in [-0.4, -0.2) is 4.98 Å². The molecule has 0 amide bonds. The zero-order chi connectivity index (χ0) is 14.1. The van der Waals surface area contributed by atoms with Crippen LogP contribution in [0.25, 0.3) is 21.5 Å². The van der Waals surface area contributed by atoms with E-state index >= 15 is 0 Å². The predicted octanol–water partition coefficient (Wildman–Crippen LogP) is 5.79. The Hall–Kier alpha value is -1.67. The molecule has 0 fully saturated rings. The number of benzene rings is 1. The Labute approximate surface area is 124 Å². The third kappa shape index (κ3) is 2.48. The molecule has 3 aromatic rings. The van der Waals surface area contributed by atoms with Crippen LogP contribution in [0, 0.1) is 6.92 Å². The maximum absolute atomic E-state index is 4.78. The van der Waals surface area contributed by atoms with Crippen molar-refractivity contribution in [3.8, 4) is 11.3 Å². The topological polar surface area (TPSA) is 12.9 Å². The van der Waals surface area contributed by atoms with E-state index in [4.69, 9.17) is 4.98 Å². The second-order valence-corrected chi connectivity index (χ2v) is 6.39. The summed E-state index contributed by atoms with van der Waals surface area (Å²) in [6.07, 6.45) is 1.17. The summed E-state index contributed by atoms with van der Waals surface area (Å²) in [5.74, 6) is 0.596. The van der Waals surface area contributed by atoms with Crippen LogP contribution < -0.4 is 0 Å². The number of thiophene rings is 1. The standard InChI is InChI=1S/C18H19NS/c1-4-13(3)14-9-12(2)10-15(11-14)16-5-6-18-17(19-16)7-8-20-18/h5-11,13H,4H2,1-3H3. The number of hydrogen-bond acceptors (Lipinski definition) is 2. The third-order valence-electron chi connectivity index (χ3n) is 3.88. The fourth-order valence-electron chi connectivity index (χ4n) is 2.49. The number of aromatic nitrogens is 1. The summed E-state index contributed by atoms with van der Waals surface area (Å²) in [6, 6.07) is 13.2. The van der Waals surface area contributed by atoms with E-state index in [2.05, 4.69) is 62.5 Å². The normalized spacial score (nSPS) is 12.8. The number of rotatable bonds is 3. The van der Waals surface area contributed by atoms with E-state index in [1.54, 1.807) is 11.3 Å². The highest BCUT2D eigenvalue weighted by atomic mass is 32.1. The van der Waals surface area contributed by atoms with Gasteiger partial charge in [-0.05, 0) is 60.5 Å². The fraction of sp³-hybridized carbons (Fsp3) is 0.278. The van der Waals surface area contributed by atoms with Crippen LogP contribution in [0.4, 0.5) is 0 Å². The van der Waals surface area contributed by atoms with Crippen molar-refractivity contribution in [2.75, 3.05) is 0 Å². The molecular weight excluding hydrogens is 262 g/mol. The average molecular weight is 281 g/mol. The summed E-state index contributed by atoms with van der Waals surface area (Å²) >= 11 is 1.74. The molecule has 1 atom stereocenters. The highest BCUT2D eigenvalue weighted by Gasteiger charge is 2.08. The molecule has 3 rings (SSSR count). The van der Waals surface area contributed by atoms with Crippen molar-refractivity contribution in [3.05, 3.63) is 52.9 Å². The number of aryl methyl sites for hydroxylation is 1. The maximum Gasteiger partial charge on any atom is 0.0817 e. The van der Waals surface area contributed by atoms with Gasteiger partial charge in [-0.25, -0.2) is 4.98 Å². The van der Waals surface area contributed by atoms with Crippen molar-refractivity contribution in [2.45, 2.75) is 33.1 Å². The Morgan fingerprint density at radius 3 is 2.80 bits per heavy atom. The number of pyridine rings is 1. The van der Waals surface area contributed by atoms with Crippen molar-refractivity contribution in [1.82, 2.24) is 4.98 Å². The molecule has 0 bridgehead atoms. The van der Waals surface area contributed by atoms with Crippen LogP contribution in [0.3, 0.4) is 0 Å². The Morgan fingerprint density at radius 1 is 1.15 bits per heavy atom. The lowest BCUT2D eigenvalue weighted by Gasteiger charge is -2.12. The molecule has 2 heterocycles. The van der Waals surface area contributed by atoms with Gasteiger partial charge in [0.25, 0.3) is 0 Å². The van der Waals surface area contributed by atoms with Gasteiger partial charge in [-0.1, -0.05) is 25.5 Å². The fourth-order valence-corrected chi connectivity index (χ4v) is 3.22. The summed E-state index contributed by atoms with van der Waals surface area (Å²) < 4.78 is 1.25. The summed E-state index contributed by atoms with van der Waals surface area (Å²) in [5, 5.41) is 2.10. The Balaban J connectivity index is 2.10. The van der Waals surface area contributed by atoms with Crippen molar-refractivity contribution in [3.63, 3.8) is 0 Å². The molecule has 2 aromatic heterocycles. The van der Waals surface area contributed by atoms with E-state index < -0.39 is 0 Å². The molecule has 0 aliphatic carbocycles. The number of nitrogens with zero attached hydrogens (tertiary/aromatic N) is 1. The first kappa shape index (κ1) is 13.3. The molecule has 0 saturated heterocycles. The molecule has 2 heteroatoms. The van der Waals surface area contributed by atoms with Gasteiger partial charge in [0, 0.05) is 5.56 Å². The zero-order valence-corrected chi connectivity index (χ0v) is 13.0. The van der Waals surface area contributed by atoms with Crippen LogP contribution in [0.2, 0.25) is 0 Å². The van der Waals surface area contributed by atoms with E-state index in [0.717, 1.165) is 11.2 Å². The molecule has 0 radical (unpaired) electrons.